The third kappa shape index (κ3) is 1.58. The largest absolute Gasteiger partial charge is 0.507 e. The third-order valence-electron chi connectivity index (χ3n) is 2.32. The molecule has 1 N–H and O–H groups in total. The minimum Gasteiger partial charge on any atom is -0.507 e. The van der Waals surface area contributed by atoms with Gasteiger partial charge in [-0.05, 0) is 18.6 Å². The van der Waals surface area contributed by atoms with Gasteiger partial charge >= 0.3 is 0 Å². The van der Waals surface area contributed by atoms with Crippen molar-refractivity contribution in [3.8, 4) is 5.75 Å². The standard InChI is InChI=1S/C11H13NO2/c1-2-8-7-14-11(12-8)9-5-3-4-6-10(9)13/h3-6,8,13H,2,7H2,1H3/t8-/m0/s1. The first-order chi connectivity index (χ1) is 6.81. The van der Waals surface area contributed by atoms with E-state index in [0.717, 1.165) is 6.42 Å². The molecule has 3 nitrogen and oxygen atoms in total. The Morgan fingerprint density at radius 3 is 2.93 bits per heavy atom. The van der Waals surface area contributed by atoms with E-state index in [0.29, 0.717) is 18.1 Å². The highest BCUT2D eigenvalue weighted by Crippen LogP contribution is 2.21. The summed E-state index contributed by atoms with van der Waals surface area (Å²) in [4.78, 5) is 4.37. The number of para-hydroxylation sites is 1. The normalized spacial score (nSPS) is 20.4. The van der Waals surface area contributed by atoms with Gasteiger partial charge in [0, 0.05) is 0 Å². The summed E-state index contributed by atoms with van der Waals surface area (Å²) in [5, 5.41) is 9.57. The number of aromatic hydroxyl groups is 1. The molecule has 1 aromatic carbocycles. The van der Waals surface area contributed by atoms with Crippen molar-refractivity contribution in [2.75, 3.05) is 6.61 Å². The zero-order valence-electron chi connectivity index (χ0n) is 8.10. The molecule has 74 valence electrons. The van der Waals surface area contributed by atoms with Crippen molar-refractivity contribution < 1.29 is 9.84 Å². The lowest BCUT2D eigenvalue weighted by Gasteiger charge is -2.02. The zero-order chi connectivity index (χ0) is 9.97. The van der Waals surface area contributed by atoms with Crippen LogP contribution in [0.15, 0.2) is 29.3 Å². The van der Waals surface area contributed by atoms with Crippen molar-refractivity contribution >= 4 is 5.90 Å². The maximum Gasteiger partial charge on any atom is 0.220 e. The molecule has 1 atom stereocenters. The van der Waals surface area contributed by atoms with Crippen LogP contribution in [0, 0.1) is 0 Å². The Balaban J connectivity index is 2.28. The summed E-state index contributed by atoms with van der Waals surface area (Å²) in [5.74, 6) is 0.790. The van der Waals surface area contributed by atoms with Crippen molar-refractivity contribution in [3.05, 3.63) is 29.8 Å². The first kappa shape index (κ1) is 9.06. The van der Waals surface area contributed by atoms with Crippen molar-refractivity contribution in [1.82, 2.24) is 0 Å². The van der Waals surface area contributed by atoms with Gasteiger partial charge in [-0.1, -0.05) is 19.1 Å². The summed E-state index contributed by atoms with van der Waals surface area (Å²) in [6.45, 7) is 2.70. The summed E-state index contributed by atoms with van der Waals surface area (Å²) in [5.41, 5.74) is 0.684. The molecular weight excluding hydrogens is 178 g/mol. The van der Waals surface area contributed by atoms with Crippen molar-refractivity contribution in [2.45, 2.75) is 19.4 Å². The van der Waals surface area contributed by atoms with Crippen molar-refractivity contribution in [3.63, 3.8) is 0 Å². The molecule has 0 aliphatic carbocycles. The van der Waals surface area contributed by atoms with Crippen molar-refractivity contribution in [1.29, 1.82) is 0 Å². The number of rotatable bonds is 2. The minimum absolute atomic E-state index is 0.225. The zero-order valence-corrected chi connectivity index (χ0v) is 8.10. The molecule has 0 radical (unpaired) electrons. The molecule has 0 bridgehead atoms. The molecule has 1 heterocycles. The molecule has 2 rings (SSSR count). The highest BCUT2D eigenvalue weighted by atomic mass is 16.5. The fourth-order valence-electron chi connectivity index (χ4n) is 1.43. The summed E-state index contributed by atoms with van der Waals surface area (Å²) in [7, 11) is 0. The Kier molecular flexibility index (Phi) is 2.39. The predicted octanol–water partition coefficient (Wildman–Crippen LogP) is 1.95. The Hall–Kier alpha value is -1.51. The average molecular weight is 191 g/mol. The van der Waals surface area contributed by atoms with Crippen LogP contribution in [0.4, 0.5) is 0 Å². The number of phenols is 1. The van der Waals surface area contributed by atoms with E-state index in [9.17, 15) is 5.11 Å². The van der Waals surface area contributed by atoms with E-state index in [1.54, 1.807) is 12.1 Å². The Morgan fingerprint density at radius 2 is 2.29 bits per heavy atom. The Morgan fingerprint density at radius 1 is 1.50 bits per heavy atom. The molecule has 1 aromatic rings. The van der Waals surface area contributed by atoms with Crippen LogP contribution in [0.5, 0.6) is 5.75 Å². The Labute approximate surface area is 83.1 Å². The van der Waals surface area contributed by atoms with E-state index in [1.807, 2.05) is 12.1 Å². The van der Waals surface area contributed by atoms with Gasteiger partial charge in [-0.25, -0.2) is 4.99 Å². The van der Waals surface area contributed by atoms with Crippen LogP contribution in [-0.4, -0.2) is 23.7 Å². The lowest BCUT2D eigenvalue weighted by atomic mass is 10.2. The van der Waals surface area contributed by atoms with E-state index in [2.05, 4.69) is 11.9 Å². The first-order valence-electron chi connectivity index (χ1n) is 4.80. The van der Waals surface area contributed by atoms with Gasteiger partial charge in [-0.2, -0.15) is 0 Å². The number of aliphatic imine (C=N–C) groups is 1. The predicted molar refractivity (Wildman–Crippen MR) is 54.7 cm³/mol. The molecule has 3 heteroatoms. The van der Waals surface area contributed by atoms with Crippen LogP contribution in [-0.2, 0) is 4.74 Å². The highest BCUT2D eigenvalue weighted by molar-refractivity contribution is 5.97. The lowest BCUT2D eigenvalue weighted by Crippen LogP contribution is -2.03. The average Bonchev–Trinajstić information content (AvgIpc) is 2.67. The van der Waals surface area contributed by atoms with Gasteiger partial charge in [0.1, 0.15) is 12.4 Å². The molecule has 0 fully saturated rings. The fraction of sp³-hybridized carbons (Fsp3) is 0.364. The maximum absolute atomic E-state index is 9.57. The van der Waals surface area contributed by atoms with Crippen molar-refractivity contribution in [2.24, 2.45) is 4.99 Å². The summed E-state index contributed by atoms with van der Waals surface area (Å²) in [6, 6.07) is 7.34. The Bertz CT molecular complexity index is 360. The second-order valence-electron chi connectivity index (χ2n) is 3.32. The van der Waals surface area contributed by atoms with Crippen LogP contribution in [0.3, 0.4) is 0 Å². The van der Waals surface area contributed by atoms with Gasteiger partial charge < -0.3 is 9.84 Å². The SMILES string of the molecule is CC[C@H]1COC(c2ccccc2O)=N1. The van der Waals surface area contributed by atoms with Crippen LogP contribution in [0.1, 0.15) is 18.9 Å². The third-order valence-corrected chi connectivity index (χ3v) is 2.32. The molecule has 0 saturated heterocycles. The van der Waals surface area contributed by atoms with E-state index in [-0.39, 0.29) is 11.8 Å². The second kappa shape index (κ2) is 3.70. The van der Waals surface area contributed by atoms with E-state index >= 15 is 0 Å². The summed E-state index contributed by atoms with van der Waals surface area (Å²) >= 11 is 0. The molecular formula is C11H13NO2. The van der Waals surface area contributed by atoms with E-state index in [4.69, 9.17) is 4.74 Å². The van der Waals surface area contributed by atoms with Gasteiger partial charge in [0.2, 0.25) is 5.90 Å². The number of ether oxygens (including phenoxy) is 1. The number of hydrogen-bond acceptors (Lipinski definition) is 3. The van der Waals surface area contributed by atoms with E-state index < -0.39 is 0 Å². The van der Waals surface area contributed by atoms with Crippen LogP contribution < -0.4 is 0 Å². The number of hydrogen-bond donors (Lipinski definition) is 1. The number of benzene rings is 1. The molecule has 1 aliphatic heterocycles. The van der Waals surface area contributed by atoms with Gasteiger partial charge in [0.25, 0.3) is 0 Å². The van der Waals surface area contributed by atoms with Gasteiger partial charge in [0.05, 0.1) is 11.6 Å². The first-order valence-corrected chi connectivity index (χ1v) is 4.80. The lowest BCUT2D eigenvalue weighted by molar-refractivity contribution is 0.314. The van der Waals surface area contributed by atoms with Gasteiger partial charge in [0.15, 0.2) is 0 Å². The van der Waals surface area contributed by atoms with Gasteiger partial charge in [-0.15, -0.1) is 0 Å². The maximum atomic E-state index is 9.57. The monoisotopic (exact) mass is 191 g/mol. The number of nitrogens with zero attached hydrogens (tertiary/aromatic N) is 1. The molecule has 0 spiro atoms. The smallest absolute Gasteiger partial charge is 0.220 e. The van der Waals surface area contributed by atoms with Crippen LogP contribution in [0.2, 0.25) is 0 Å². The molecule has 0 unspecified atom stereocenters. The van der Waals surface area contributed by atoms with Crippen LogP contribution >= 0.6 is 0 Å². The molecule has 0 saturated carbocycles. The fourth-order valence-corrected chi connectivity index (χ4v) is 1.43. The summed E-state index contributed by atoms with van der Waals surface area (Å²) in [6.07, 6.45) is 0.969. The number of phenolic OH excluding ortho intramolecular Hbond substituents is 1. The molecule has 0 amide bonds. The second-order valence-corrected chi connectivity index (χ2v) is 3.32. The minimum atomic E-state index is 0.225. The van der Waals surface area contributed by atoms with E-state index in [1.165, 1.54) is 0 Å². The quantitative estimate of drug-likeness (QED) is 0.776. The highest BCUT2D eigenvalue weighted by Gasteiger charge is 2.20. The van der Waals surface area contributed by atoms with Gasteiger partial charge in [-0.3, -0.25) is 0 Å². The molecule has 0 aromatic heterocycles. The topological polar surface area (TPSA) is 41.8 Å². The van der Waals surface area contributed by atoms with Crippen LogP contribution in [0.25, 0.3) is 0 Å². The molecule has 1 aliphatic rings. The summed E-state index contributed by atoms with van der Waals surface area (Å²) < 4.78 is 5.41. The molecule has 14 heavy (non-hydrogen) atoms.